The molecule has 0 aliphatic heterocycles. The molecule has 140 valence electrons. The quantitative estimate of drug-likeness (QED) is 0.473. The number of rotatable bonds is 8. The predicted molar refractivity (Wildman–Crippen MR) is 103 cm³/mol. The Bertz CT molecular complexity index is 767. The average Bonchev–Trinajstić information content (AvgIpc) is 2.61. The van der Waals surface area contributed by atoms with E-state index in [0.717, 1.165) is 5.56 Å². The van der Waals surface area contributed by atoms with Crippen molar-refractivity contribution in [2.24, 2.45) is 0 Å². The van der Waals surface area contributed by atoms with Crippen LogP contribution in [0.25, 0.3) is 0 Å². The first kappa shape index (κ1) is 20.7. The highest BCUT2D eigenvalue weighted by Gasteiger charge is 2.39. The number of hydrogen-bond donors (Lipinski definition) is 1. The van der Waals surface area contributed by atoms with Crippen LogP contribution in [0.1, 0.15) is 43.8 Å². The number of ether oxygens (including phenoxy) is 1. The van der Waals surface area contributed by atoms with Crippen LogP contribution >= 0.6 is 19.1 Å². The molecular weight excluding hydrogens is 373 g/mol. The van der Waals surface area contributed by atoms with Crippen molar-refractivity contribution in [3.05, 3.63) is 70.7 Å². The molecule has 2 unspecified atom stereocenters. The topological polar surface area (TPSA) is 64.6 Å². The fraction of sp³-hybridized carbons (Fsp3) is 0.316. The predicted octanol–water partition coefficient (Wildman–Crippen LogP) is 5.48. The van der Waals surface area contributed by atoms with Gasteiger partial charge in [0.2, 0.25) is 5.85 Å². The first-order valence-electron chi connectivity index (χ1n) is 8.35. The zero-order valence-electron chi connectivity index (χ0n) is 15.0. The number of hydrogen-bond acceptors (Lipinski definition) is 4. The zero-order valence-corrected chi connectivity index (χ0v) is 16.7. The smallest absolute Gasteiger partial charge is 0.314 e. The van der Waals surface area contributed by atoms with E-state index in [0.29, 0.717) is 10.6 Å². The van der Waals surface area contributed by atoms with Crippen LogP contribution in [0.5, 0.6) is 0 Å². The molecule has 2 rings (SSSR count). The van der Waals surface area contributed by atoms with Gasteiger partial charge in [0.15, 0.2) is 0 Å². The summed E-state index contributed by atoms with van der Waals surface area (Å²) in [4.78, 5) is 11.6. The minimum atomic E-state index is -3.58. The van der Waals surface area contributed by atoms with Crippen molar-refractivity contribution >= 4 is 25.1 Å². The second-order valence-corrected chi connectivity index (χ2v) is 8.41. The molecular formula is C19H23ClNO4P. The van der Waals surface area contributed by atoms with Crippen LogP contribution in [-0.2, 0) is 18.6 Å². The zero-order chi connectivity index (χ0) is 19.2. The lowest BCUT2D eigenvalue weighted by Gasteiger charge is -2.30. The molecule has 0 radical (unpaired) electrons. The molecule has 7 heteroatoms. The van der Waals surface area contributed by atoms with E-state index in [1.165, 1.54) is 6.92 Å². The van der Waals surface area contributed by atoms with Crippen molar-refractivity contribution in [1.82, 2.24) is 5.09 Å². The molecule has 0 saturated carbocycles. The van der Waals surface area contributed by atoms with Gasteiger partial charge in [0.05, 0.1) is 6.61 Å². The second-order valence-electron chi connectivity index (χ2n) is 5.79. The van der Waals surface area contributed by atoms with Gasteiger partial charge < -0.3 is 9.26 Å². The maximum absolute atomic E-state index is 13.7. The van der Waals surface area contributed by atoms with Gasteiger partial charge in [-0.3, -0.25) is 9.36 Å². The van der Waals surface area contributed by atoms with Gasteiger partial charge >= 0.3 is 13.5 Å². The van der Waals surface area contributed by atoms with Crippen molar-refractivity contribution < 1.29 is 18.6 Å². The lowest BCUT2D eigenvalue weighted by Crippen LogP contribution is -2.24. The third-order valence-electron chi connectivity index (χ3n) is 3.74. The summed E-state index contributed by atoms with van der Waals surface area (Å²) in [7, 11) is -3.58. The lowest BCUT2D eigenvalue weighted by molar-refractivity contribution is -0.143. The summed E-state index contributed by atoms with van der Waals surface area (Å²) < 4.78 is 24.7. The van der Waals surface area contributed by atoms with Crippen LogP contribution in [0.15, 0.2) is 54.6 Å². The minimum Gasteiger partial charge on any atom is -0.446 e. The van der Waals surface area contributed by atoms with Gasteiger partial charge in [-0.05, 0) is 31.5 Å². The summed E-state index contributed by atoms with van der Waals surface area (Å²) in [6.45, 7) is 5.11. The Hall–Kier alpha value is -1.65. The standard InChI is InChI=1S/C19H23ClNO4P/c1-4-24-26(23,21-14(2)16-8-6-5-7-9-16)19(25-15(3)22)17-10-12-18(20)13-11-17/h5-14,19H,4H2,1-3H3,(H,21,23)/t14-,19?,26?/m0/s1. The van der Waals surface area contributed by atoms with Crippen molar-refractivity contribution in [3.8, 4) is 0 Å². The number of benzene rings is 2. The van der Waals surface area contributed by atoms with Crippen LogP contribution in [0.2, 0.25) is 5.02 Å². The number of esters is 1. The maximum Gasteiger partial charge on any atom is 0.314 e. The number of carbonyl (C=O) groups excluding carboxylic acids is 1. The fourth-order valence-electron chi connectivity index (χ4n) is 2.57. The van der Waals surface area contributed by atoms with E-state index < -0.39 is 19.3 Å². The van der Waals surface area contributed by atoms with Gasteiger partial charge in [0, 0.05) is 23.6 Å². The lowest BCUT2D eigenvalue weighted by atomic mass is 10.1. The molecule has 1 N–H and O–H groups in total. The van der Waals surface area contributed by atoms with Gasteiger partial charge in [-0.15, -0.1) is 0 Å². The van der Waals surface area contributed by atoms with E-state index in [4.69, 9.17) is 20.9 Å². The van der Waals surface area contributed by atoms with Gasteiger partial charge in [-0.2, -0.15) is 0 Å². The summed E-state index contributed by atoms with van der Waals surface area (Å²) in [5.41, 5.74) is 1.50. The summed E-state index contributed by atoms with van der Waals surface area (Å²) in [5.74, 6) is -1.61. The highest BCUT2D eigenvalue weighted by atomic mass is 35.5. The Morgan fingerprint density at radius 3 is 2.27 bits per heavy atom. The van der Waals surface area contributed by atoms with Gasteiger partial charge in [0.25, 0.3) is 0 Å². The molecule has 2 aromatic carbocycles. The normalized spacial score (nSPS) is 15.7. The third kappa shape index (κ3) is 5.42. The van der Waals surface area contributed by atoms with Crippen LogP contribution in [-0.4, -0.2) is 12.6 Å². The molecule has 0 fully saturated rings. The minimum absolute atomic E-state index is 0.205. The van der Waals surface area contributed by atoms with Crippen molar-refractivity contribution in [2.45, 2.75) is 32.7 Å². The molecule has 0 bridgehead atoms. The van der Waals surface area contributed by atoms with Crippen molar-refractivity contribution in [2.75, 3.05) is 6.61 Å². The number of carbonyl (C=O) groups is 1. The number of nitrogens with one attached hydrogen (secondary N) is 1. The van der Waals surface area contributed by atoms with Gasteiger partial charge in [-0.25, -0.2) is 5.09 Å². The number of halogens is 1. The first-order valence-corrected chi connectivity index (χ1v) is 10.4. The molecule has 5 nitrogen and oxygen atoms in total. The second kappa shape index (κ2) is 9.33. The molecule has 0 heterocycles. The highest BCUT2D eigenvalue weighted by Crippen LogP contribution is 2.58. The maximum atomic E-state index is 13.7. The van der Waals surface area contributed by atoms with Crippen molar-refractivity contribution in [3.63, 3.8) is 0 Å². The van der Waals surface area contributed by atoms with Gasteiger partial charge in [-0.1, -0.05) is 54.1 Å². The summed E-state index contributed by atoms with van der Waals surface area (Å²) in [6.07, 6.45) is 0. The van der Waals surface area contributed by atoms with E-state index in [9.17, 15) is 9.36 Å². The molecule has 26 heavy (non-hydrogen) atoms. The fourth-order valence-corrected chi connectivity index (χ4v) is 4.96. The monoisotopic (exact) mass is 395 g/mol. The molecule has 0 amide bonds. The molecule has 0 spiro atoms. The van der Waals surface area contributed by atoms with E-state index >= 15 is 0 Å². The Morgan fingerprint density at radius 2 is 1.73 bits per heavy atom. The van der Waals surface area contributed by atoms with Crippen LogP contribution in [0.4, 0.5) is 0 Å². The van der Waals surface area contributed by atoms with Gasteiger partial charge in [0.1, 0.15) is 0 Å². The Labute approximate surface area is 159 Å². The third-order valence-corrected chi connectivity index (χ3v) is 6.40. The van der Waals surface area contributed by atoms with E-state index in [1.54, 1.807) is 31.2 Å². The van der Waals surface area contributed by atoms with Crippen LogP contribution < -0.4 is 5.09 Å². The highest BCUT2D eigenvalue weighted by molar-refractivity contribution is 7.57. The van der Waals surface area contributed by atoms with E-state index in [2.05, 4.69) is 5.09 Å². The van der Waals surface area contributed by atoms with E-state index in [1.807, 2.05) is 37.3 Å². The largest absolute Gasteiger partial charge is 0.446 e. The molecule has 0 aliphatic carbocycles. The van der Waals surface area contributed by atoms with Crippen LogP contribution in [0, 0.1) is 0 Å². The Morgan fingerprint density at radius 1 is 1.12 bits per heavy atom. The summed E-state index contributed by atoms with van der Waals surface area (Å²) in [5, 5.41) is 3.59. The molecule has 0 aliphatic rings. The van der Waals surface area contributed by atoms with Crippen LogP contribution in [0.3, 0.4) is 0 Å². The first-order chi connectivity index (χ1) is 12.4. The molecule has 0 aromatic heterocycles. The molecule has 0 saturated heterocycles. The SMILES string of the molecule is CCOP(=O)(N[C@@H](C)c1ccccc1)C(OC(C)=O)c1ccc(Cl)cc1. The average molecular weight is 396 g/mol. The summed E-state index contributed by atoms with van der Waals surface area (Å²) in [6, 6.07) is 16.0. The molecule has 3 atom stereocenters. The Balaban J connectivity index is 2.38. The van der Waals surface area contributed by atoms with E-state index in [-0.39, 0.29) is 12.6 Å². The molecule has 2 aromatic rings. The Kier molecular flexibility index (Phi) is 7.42. The van der Waals surface area contributed by atoms with Crippen molar-refractivity contribution in [1.29, 1.82) is 0 Å². The summed E-state index contributed by atoms with van der Waals surface area (Å²) >= 11 is 5.94.